The first-order chi connectivity index (χ1) is 0. The van der Waals surface area contributed by atoms with Crippen LogP contribution in [0.15, 0.2) is 0 Å². The minimum atomic E-state index is 0. The van der Waals surface area contributed by atoms with Crippen molar-refractivity contribution in [2.24, 2.45) is 0 Å². The summed E-state index contributed by atoms with van der Waals surface area (Å²) in [5.41, 5.74) is 0. The Balaban J connectivity index is 0. The molecule has 0 saturated carbocycles. The molecule has 0 aliphatic heterocycles. The van der Waals surface area contributed by atoms with Gasteiger partial charge in [0.1, 0.15) is 0 Å². The Hall–Kier alpha value is 3.02. The Bertz CT molecular complexity index is 13.5. The quantitative estimate of drug-likeness (QED) is 0.355. The summed E-state index contributed by atoms with van der Waals surface area (Å²) >= 11 is 0. The summed E-state index contributed by atoms with van der Waals surface area (Å²) in [6.45, 7) is 0. The van der Waals surface area contributed by atoms with Crippen LogP contribution in [0.25, 0.3) is 0 Å². The summed E-state index contributed by atoms with van der Waals surface area (Å²) in [7, 11) is 0. The molecular weight excluding hydrogens is 214 g/mol. The fourth-order valence-corrected chi connectivity index (χ4v) is 0. The van der Waals surface area contributed by atoms with Gasteiger partial charge in [-0.25, -0.2) is 0 Å². The molecule has 0 heterocycles. The molecule has 0 aromatic heterocycles. The van der Waals surface area contributed by atoms with Crippen LogP contribution >= 0.6 is 0 Å². The minimum Gasteiger partial charge on any atom is 0 e. The average Bonchev–Trinajstić information content (AvgIpc) is 0. The molecule has 4 heavy (non-hydrogen) atoms. The molecule has 0 N–H and O–H groups in total. The molecule has 0 amide bonds. The molecule has 0 rings (SSSR count). The van der Waals surface area contributed by atoms with E-state index in [4.69, 9.17) is 0 Å². The average molecular weight is 218 g/mol. The third-order valence-electron chi connectivity index (χ3n) is 0. The van der Waals surface area contributed by atoms with Crippen molar-refractivity contribution in [2.75, 3.05) is 0 Å². The van der Waals surface area contributed by atoms with Gasteiger partial charge < -0.3 is 2.85 Å². The van der Waals surface area contributed by atoms with Crippen LogP contribution in [0, 0.1) is 0 Å². The van der Waals surface area contributed by atoms with Crippen LogP contribution in [0.1, 0.15) is 2.85 Å². The molecular formula is H4LiNaSnZn. The second-order valence-electron chi connectivity index (χ2n) is 0. The Kier molecular flexibility index (Phi) is 116. The monoisotopic (exact) mass is 218 g/mol. The second kappa shape index (κ2) is 16.6. The molecule has 0 bridgehead atoms. The van der Waals surface area contributed by atoms with Gasteiger partial charge in [0.25, 0.3) is 0 Å². The molecule has 0 fully saturated rings. The van der Waals surface area contributed by atoms with Gasteiger partial charge in [-0.2, -0.15) is 0 Å². The van der Waals surface area contributed by atoms with Crippen LogP contribution in [-0.4, -0.2) is 23.9 Å². The van der Waals surface area contributed by atoms with E-state index < -0.39 is 0 Å². The van der Waals surface area contributed by atoms with Crippen molar-refractivity contribution < 1.29 is 70.7 Å². The van der Waals surface area contributed by atoms with E-state index in [0.717, 1.165) is 0 Å². The van der Waals surface area contributed by atoms with Crippen molar-refractivity contribution in [3.63, 3.8) is 0 Å². The van der Waals surface area contributed by atoms with Gasteiger partial charge in [0.15, 0.2) is 0 Å². The molecule has 12 valence electrons. The third kappa shape index (κ3) is 8.89. The van der Waals surface area contributed by atoms with Crippen LogP contribution in [0.5, 0.6) is 0 Å². The zero-order valence-electron chi connectivity index (χ0n) is 5.41. The molecule has 0 aliphatic rings. The van der Waals surface area contributed by atoms with Crippen molar-refractivity contribution in [1.82, 2.24) is 0 Å². The van der Waals surface area contributed by atoms with Gasteiger partial charge in [-0.15, -0.1) is 0 Å². The van der Waals surface area contributed by atoms with Crippen LogP contribution in [0.3, 0.4) is 0 Å². The van der Waals surface area contributed by atoms with Crippen molar-refractivity contribution in [3.05, 3.63) is 0 Å². The van der Waals surface area contributed by atoms with Gasteiger partial charge in [-0.05, 0) is 0 Å². The largest absolute Gasteiger partial charge is 0 e. The van der Waals surface area contributed by atoms with Crippen molar-refractivity contribution in [2.45, 2.75) is 0 Å². The number of hydrogen-bond acceptors (Lipinski definition) is 0. The normalized spacial score (nSPS) is 0. The van der Waals surface area contributed by atoms with Crippen LogP contribution in [0.4, 0.5) is 0 Å². The fourth-order valence-electron chi connectivity index (χ4n) is 0. The first-order valence-corrected chi connectivity index (χ1v) is 0. The molecule has 0 spiro atoms. The maximum atomic E-state index is 0. The number of rotatable bonds is 0. The van der Waals surface area contributed by atoms with Crippen LogP contribution in [0.2, 0.25) is 0 Å². The molecule has 0 aromatic rings. The summed E-state index contributed by atoms with van der Waals surface area (Å²) < 4.78 is 0. The maximum Gasteiger partial charge on any atom is 0 e. The van der Waals surface area contributed by atoms with Crippen LogP contribution < -0.4 is 48.4 Å². The molecule has 0 atom stereocenters. The second-order valence-corrected chi connectivity index (χ2v) is 0. The van der Waals surface area contributed by atoms with Crippen molar-refractivity contribution in [1.29, 1.82) is 0 Å². The topological polar surface area (TPSA) is 0 Å². The van der Waals surface area contributed by atoms with Gasteiger partial charge in [0.05, 0.1) is 0 Å². The molecule has 2 radical (unpaired) electrons. The predicted molar refractivity (Wildman–Crippen MR) is 10.8 cm³/mol. The number of hydrogen-bond donors (Lipinski definition) is 0. The maximum absolute atomic E-state index is 0. The van der Waals surface area contributed by atoms with E-state index in [1.54, 1.807) is 0 Å². The minimum absolute atomic E-state index is 0. The van der Waals surface area contributed by atoms with E-state index in [2.05, 4.69) is 0 Å². The van der Waals surface area contributed by atoms with Crippen LogP contribution in [-0.2, 0) is 19.5 Å². The summed E-state index contributed by atoms with van der Waals surface area (Å²) in [5, 5.41) is 0. The molecule has 0 nitrogen and oxygen atoms in total. The van der Waals surface area contributed by atoms with E-state index in [9.17, 15) is 0 Å². The van der Waals surface area contributed by atoms with Gasteiger partial charge in [-0.1, -0.05) is 0 Å². The standard InChI is InChI=1S/Li.Na.Sn.Zn.4H/q2*+1;;;;;2*-1. The third-order valence-corrected chi connectivity index (χ3v) is 0. The van der Waals surface area contributed by atoms with E-state index in [0.29, 0.717) is 0 Å². The first-order valence-electron chi connectivity index (χ1n) is 0. The summed E-state index contributed by atoms with van der Waals surface area (Å²) in [6.07, 6.45) is 0. The predicted octanol–water partition coefficient (Wildman–Crippen LogP) is -6.69. The molecule has 0 aliphatic carbocycles. The van der Waals surface area contributed by atoms with Gasteiger partial charge in [0, 0.05) is 19.5 Å². The Morgan fingerprint density at radius 2 is 1.25 bits per heavy atom. The Morgan fingerprint density at radius 3 is 1.25 bits per heavy atom. The van der Waals surface area contributed by atoms with Gasteiger partial charge in [0.2, 0.25) is 0 Å². The Labute approximate surface area is 93.0 Å². The fraction of sp³-hybridized carbons (Fsp3) is 0. The van der Waals surface area contributed by atoms with E-state index in [1.807, 2.05) is 0 Å². The Morgan fingerprint density at radius 1 is 1.25 bits per heavy atom. The van der Waals surface area contributed by atoms with E-state index >= 15 is 0 Å². The molecule has 0 unspecified atom stereocenters. The zero-order chi connectivity index (χ0) is 0. The van der Waals surface area contributed by atoms with E-state index in [1.165, 1.54) is 0 Å². The van der Waals surface area contributed by atoms with Gasteiger partial charge in [-0.3, -0.25) is 0 Å². The summed E-state index contributed by atoms with van der Waals surface area (Å²) in [5.74, 6) is 0. The SMILES string of the molecule is [H-].[H-].[Li+].[Na+].[SnH2].[Zn]. The smallest absolute Gasteiger partial charge is 0 e. The van der Waals surface area contributed by atoms with Gasteiger partial charge >= 0.3 is 72.3 Å². The molecule has 0 aromatic carbocycles. The first kappa shape index (κ1) is 27.9. The van der Waals surface area contributed by atoms with Crippen molar-refractivity contribution >= 4 is 23.9 Å². The van der Waals surface area contributed by atoms with E-state index in [-0.39, 0.29) is 94.7 Å². The summed E-state index contributed by atoms with van der Waals surface area (Å²) in [6, 6.07) is 0. The van der Waals surface area contributed by atoms with Crippen molar-refractivity contribution in [3.8, 4) is 0 Å². The zero-order valence-corrected chi connectivity index (χ0v) is 12.4. The summed E-state index contributed by atoms with van der Waals surface area (Å²) in [4.78, 5) is 0. The molecule has 0 saturated heterocycles. The molecule has 4 heteroatoms.